The summed E-state index contributed by atoms with van der Waals surface area (Å²) in [5, 5.41) is 3.72. The first-order valence-corrected chi connectivity index (χ1v) is 7.99. The van der Waals surface area contributed by atoms with Gasteiger partial charge in [0.25, 0.3) is 0 Å². The zero-order valence-corrected chi connectivity index (χ0v) is 13.4. The topological polar surface area (TPSA) is 12.0 Å². The molecule has 18 heavy (non-hydrogen) atoms. The number of thiophene rings is 1. The van der Waals surface area contributed by atoms with Crippen LogP contribution in [0.5, 0.6) is 0 Å². The average molecular weight is 265 g/mol. The van der Waals surface area contributed by atoms with Crippen LogP contribution in [0.4, 0.5) is 0 Å². The summed E-state index contributed by atoms with van der Waals surface area (Å²) in [6.45, 7) is 15.2. The van der Waals surface area contributed by atoms with Crippen LogP contribution < -0.4 is 5.32 Å². The van der Waals surface area contributed by atoms with Gasteiger partial charge in [0.1, 0.15) is 0 Å². The van der Waals surface area contributed by atoms with Gasteiger partial charge < -0.3 is 5.32 Å². The molecule has 1 saturated carbocycles. The van der Waals surface area contributed by atoms with Crippen LogP contribution in [0, 0.1) is 16.7 Å². The molecule has 1 nitrogen and oxygen atoms in total. The van der Waals surface area contributed by atoms with Crippen LogP contribution in [-0.2, 0) is 6.42 Å². The first-order valence-electron chi connectivity index (χ1n) is 7.18. The molecule has 1 aliphatic rings. The molecule has 1 heterocycles. The van der Waals surface area contributed by atoms with Crippen molar-refractivity contribution < 1.29 is 0 Å². The second-order valence-electron chi connectivity index (χ2n) is 6.61. The maximum absolute atomic E-state index is 3.72. The lowest BCUT2D eigenvalue weighted by Gasteiger charge is -2.19. The lowest BCUT2D eigenvalue weighted by Crippen LogP contribution is -2.24. The van der Waals surface area contributed by atoms with Crippen molar-refractivity contribution in [3.63, 3.8) is 0 Å². The van der Waals surface area contributed by atoms with Gasteiger partial charge in [0.2, 0.25) is 0 Å². The summed E-state index contributed by atoms with van der Waals surface area (Å²) < 4.78 is 0. The van der Waals surface area contributed by atoms with E-state index in [9.17, 15) is 0 Å². The van der Waals surface area contributed by atoms with Crippen molar-refractivity contribution in [2.45, 2.75) is 54.0 Å². The van der Waals surface area contributed by atoms with Crippen LogP contribution in [-0.4, -0.2) is 6.54 Å². The summed E-state index contributed by atoms with van der Waals surface area (Å²) in [6, 6.07) is 5.17. The van der Waals surface area contributed by atoms with Gasteiger partial charge in [0.15, 0.2) is 0 Å². The lowest BCUT2D eigenvalue weighted by molar-refractivity contribution is 0.424. The van der Waals surface area contributed by atoms with E-state index in [1.54, 1.807) is 0 Å². The number of hydrogen-bond donors (Lipinski definition) is 1. The maximum atomic E-state index is 3.72. The summed E-state index contributed by atoms with van der Waals surface area (Å²) >= 11 is 1.99. The van der Waals surface area contributed by atoms with Gasteiger partial charge in [-0.15, -0.1) is 11.3 Å². The fourth-order valence-electron chi connectivity index (χ4n) is 3.44. The van der Waals surface area contributed by atoms with Gasteiger partial charge in [-0.2, -0.15) is 0 Å². The van der Waals surface area contributed by atoms with Crippen molar-refractivity contribution in [3.8, 4) is 0 Å². The molecule has 102 valence electrons. The Morgan fingerprint density at radius 3 is 2.17 bits per heavy atom. The Hall–Kier alpha value is -0.340. The molecule has 0 bridgehead atoms. The molecule has 1 N–H and O–H groups in total. The second kappa shape index (κ2) is 4.64. The number of aryl methyl sites for hydroxylation is 1. The molecular formula is C16H27NS. The third-order valence-corrected chi connectivity index (χ3v) is 6.54. The van der Waals surface area contributed by atoms with Crippen LogP contribution in [0.2, 0.25) is 0 Å². The molecule has 2 rings (SSSR count). The zero-order chi connectivity index (χ0) is 13.6. The number of hydrogen-bond acceptors (Lipinski definition) is 2. The van der Waals surface area contributed by atoms with E-state index in [4.69, 9.17) is 0 Å². The average Bonchev–Trinajstić information content (AvgIpc) is 2.70. The van der Waals surface area contributed by atoms with Crippen molar-refractivity contribution in [2.24, 2.45) is 16.7 Å². The fourth-order valence-corrected chi connectivity index (χ4v) is 4.50. The highest BCUT2D eigenvalue weighted by Gasteiger charge is 2.67. The van der Waals surface area contributed by atoms with Gasteiger partial charge in [0, 0.05) is 15.8 Å². The molecule has 1 atom stereocenters. The molecule has 0 spiro atoms. The van der Waals surface area contributed by atoms with Crippen molar-refractivity contribution in [2.75, 3.05) is 6.54 Å². The number of nitrogens with one attached hydrogen (secondary N) is 1. The van der Waals surface area contributed by atoms with Gasteiger partial charge in [0.05, 0.1) is 0 Å². The highest BCUT2D eigenvalue weighted by Crippen LogP contribution is 2.72. The Bertz CT molecular complexity index is 402. The van der Waals surface area contributed by atoms with Crippen molar-refractivity contribution in [3.05, 3.63) is 21.9 Å². The third-order valence-electron chi connectivity index (χ3n) is 5.23. The first-order chi connectivity index (χ1) is 8.36. The van der Waals surface area contributed by atoms with Gasteiger partial charge >= 0.3 is 0 Å². The van der Waals surface area contributed by atoms with Crippen LogP contribution >= 0.6 is 11.3 Å². The molecule has 0 aliphatic heterocycles. The molecule has 0 aromatic carbocycles. The minimum absolute atomic E-state index is 0.441. The number of rotatable bonds is 5. The van der Waals surface area contributed by atoms with E-state index in [-0.39, 0.29) is 0 Å². The molecular weight excluding hydrogens is 238 g/mol. The Kier molecular flexibility index (Phi) is 3.63. The van der Waals surface area contributed by atoms with Gasteiger partial charge in [-0.3, -0.25) is 0 Å². The minimum Gasteiger partial charge on any atom is -0.309 e. The summed E-state index contributed by atoms with van der Waals surface area (Å²) in [5.74, 6) is 0.744. The van der Waals surface area contributed by atoms with E-state index in [1.807, 2.05) is 11.3 Å². The fraction of sp³-hybridized carbons (Fsp3) is 0.750. The predicted molar refractivity (Wildman–Crippen MR) is 81.2 cm³/mol. The summed E-state index contributed by atoms with van der Waals surface area (Å²) in [4.78, 5) is 3.03. The molecule has 1 aromatic rings. The molecule has 0 amide bonds. The summed E-state index contributed by atoms with van der Waals surface area (Å²) in [6.07, 6.45) is 1.15. The predicted octanol–water partition coefficient (Wildman–Crippen LogP) is 4.64. The van der Waals surface area contributed by atoms with Gasteiger partial charge in [-0.25, -0.2) is 0 Å². The highest BCUT2D eigenvalue weighted by molar-refractivity contribution is 7.12. The monoisotopic (exact) mass is 265 g/mol. The zero-order valence-electron chi connectivity index (χ0n) is 12.6. The normalized spacial score (nSPS) is 23.0. The van der Waals surface area contributed by atoms with Crippen LogP contribution in [0.25, 0.3) is 0 Å². The lowest BCUT2D eigenvalue weighted by atomic mass is 10.0. The van der Waals surface area contributed by atoms with Crippen molar-refractivity contribution in [1.29, 1.82) is 0 Å². The molecule has 1 fully saturated rings. The summed E-state index contributed by atoms with van der Waals surface area (Å²) in [7, 11) is 0. The molecule has 0 saturated heterocycles. The maximum Gasteiger partial charge on any atom is 0.0454 e. The molecule has 1 unspecified atom stereocenters. The standard InChI is InChI=1S/C16H27NS/c1-7-11-9-10-12(18-11)13(17-8-2)14-15(3,4)16(14,5)6/h9-10,13-14,17H,7-8H2,1-6H3. The largest absolute Gasteiger partial charge is 0.309 e. The molecule has 1 aromatic heterocycles. The highest BCUT2D eigenvalue weighted by atomic mass is 32.1. The molecule has 2 heteroatoms. The van der Waals surface area contributed by atoms with Crippen LogP contribution in [0.15, 0.2) is 12.1 Å². The molecule has 0 radical (unpaired) electrons. The van der Waals surface area contributed by atoms with E-state index in [0.29, 0.717) is 16.9 Å². The Labute approximate surface area is 116 Å². The van der Waals surface area contributed by atoms with Crippen LogP contribution in [0.1, 0.15) is 57.3 Å². The molecule has 1 aliphatic carbocycles. The smallest absolute Gasteiger partial charge is 0.0454 e. The van der Waals surface area contributed by atoms with Crippen LogP contribution in [0.3, 0.4) is 0 Å². The van der Waals surface area contributed by atoms with E-state index in [1.165, 1.54) is 9.75 Å². The van der Waals surface area contributed by atoms with E-state index >= 15 is 0 Å². The van der Waals surface area contributed by atoms with Gasteiger partial charge in [-0.05, 0) is 41.8 Å². The Morgan fingerprint density at radius 1 is 1.17 bits per heavy atom. The van der Waals surface area contributed by atoms with Crippen molar-refractivity contribution in [1.82, 2.24) is 5.32 Å². The minimum atomic E-state index is 0.441. The van der Waals surface area contributed by atoms with E-state index in [2.05, 4.69) is 59.0 Å². The third kappa shape index (κ3) is 2.04. The first kappa shape index (κ1) is 14.1. The Morgan fingerprint density at radius 2 is 1.78 bits per heavy atom. The quantitative estimate of drug-likeness (QED) is 0.817. The van der Waals surface area contributed by atoms with E-state index in [0.717, 1.165) is 18.9 Å². The van der Waals surface area contributed by atoms with Gasteiger partial charge in [-0.1, -0.05) is 41.5 Å². The Balaban J connectivity index is 2.25. The second-order valence-corrected chi connectivity index (χ2v) is 7.81. The SMILES string of the molecule is CCNC(c1ccc(CC)s1)C1C(C)(C)C1(C)C. The van der Waals surface area contributed by atoms with Crippen molar-refractivity contribution >= 4 is 11.3 Å². The summed E-state index contributed by atoms with van der Waals surface area (Å²) in [5.41, 5.74) is 0.881. The van der Waals surface area contributed by atoms with E-state index < -0.39 is 0 Å².